The zero-order chi connectivity index (χ0) is 23.2. The van der Waals surface area contributed by atoms with Crippen LogP contribution in [0.15, 0.2) is 65.5 Å². The Hall–Kier alpha value is -3.81. The van der Waals surface area contributed by atoms with Crippen LogP contribution < -0.4 is 19.9 Å². The SMILES string of the molecule is CCOc1ccc(-c2ccc(=O)n(CC(=O)N3CCN(c4ccc(OC)cc4)CC3)n2)cc1. The van der Waals surface area contributed by atoms with Gasteiger partial charge in [0.1, 0.15) is 18.0 Å². The van der Waals surface area contributed by atoms with Crippen molar-refractivity contribution in [1.29, 1.82) is 0 Å². The number of hydrogen-bond donors (Lipinski definition) is 0. The highest BCUT2D eigenvalue weighted by Crippen LogP contribution is 2.21. The molecule has 33 heavy (non-hydrogen) atoms. The second-order valence-corrected chi connectivity index (χ2v) is 7.74. The predicted octanol–water partition coefficient (Wildman–Crippen LogP) is 2.67. The third-order valence-electron chi connectivity index (χ3n) is 5.68. The molecule has 0 radical (unpaired) electrons. The normalized spacial score (nSPS) is 13.6. The van der Waals surface area contributed by atoms with Crippen molar-refractivity contribution < 1.29 is 14.3 Å². The molecule has 172 valence electrons. The van der Waals surface area contributed by atoms with Crippen LogP contribution >= 0.6 is 0 Å². The van der Waals surface area contributed by atoms with Crippen LogP contribution in [0, 0.1) is 0 Å². The Morgan fingerprint density at radius 1 is 0.909 bits per heavy atom. The standard InChI is InChI=1S/C25H28N4O4/c1-3-33-22-8-4-19(5-9-22)23-12-13-24(30)29(26-23)18-25(31)28-16-14-27(15-17-28)20-6-10-21(32-2)11-7-20/h4-13H,3,14-18H2,1-2H3. The summed E-state index contributed by atoms with van der Waals surface area (Å²) in [5, 5.41) is 4.43. The van der Waals surface area contributed by atoms with Gasteiger partial charge in [0.2, 0.25) is 5.91 Å². The van der Waals surface area contributed by atoms with E-state index in [1.54, 1.807) is 18.1 Å². The van der Waals surface area contributed by atoms with Crippen molar-refractivity contribution in [2.24, 2.45) is 0 Å². The van der Waals surface area contributed by atoms with Gasteiger partial charge in [-0.15, -0.1) is 0 Å². The molecule has 1 aliphatic heterocycles. The second kappa shape index (κ2) is 10.2. The molecule has 1 amide bonds. The van der Waals surface area contributed by atoms with Gasteiger partial charge in [-0.25, -0.2) is 4.68 Å². The first-order valence-electron chi connectivity index (χ1n) is 11.1. The molecule has 1 saturated heterocycles. The van der Waals surface area contributed by atoms with E-state index in [1.165, 1.54) is 10.7 Å². The van der Waals surface area contributed by atoms with Gasteiger partial charge in [-0.2, -0.15) is 5.10 Å². The van der Waals surface area contributed by atoms with Crippen molar-refractivity contribution in [3.8, 4) is 22.8 Å². The number of nitrogens with zero attached hydrogens (tertiary/aromatic N) is 4. The highest BCUT2D eigenvalue weighted by Gasteiger charge is 2.22. The van der Waals surface area contributed by atoms with E-state index < -0.39 is 0 Å². The van der Waals surface area contributed by atoms with Crippen LogP contribution in [-0.4, -0.2) is 60.5 Å². The molecule has 0 spiro atoms. The number of benzene rings is 2. The summed E-state index contributed by atoms with van der Waals surface area (Å²) in [5.74, 6) is 1.49. The smallest absolute Gasteiger partial charge is 0.267 e. The minimum Gasteiger partial charge on any atom is -0.497 e. The lowest BCUT2D eigenvalue weighted by molar-refractivity contribution is -0.132. The van der Waals surface area contributed by atoms with E-state index in [4.69, 9.17) is 9.47 Å². The largest absolute Gasteiger partial charge is 0.497 e. The maximum Gasteiger partial charge on any atom is 0.267 e. The molecule has 1 aromatic heterocycles. The van der Waals surface area contributed by atoms with E-state index in [2.05, 4.69) is 10.00 Å². The number of ether oxygens (including phenoxy) is 2. The van der Waals surface area contributed by atoms with Crippen LogP contribution in [0.4, 0.5) is 5.69 Å². The van der Waals surface area contributed by atoms with E-state index in [0.717, 1.165) is 35.8 Å². The maximum absolute atomic E-state index is 12.9. The molecule has 0 N–H and O–H groups in total. The summed E-state index contributed by atoms with van der Waals surface area (Å²) in [7, 11) is 1.65. The van der Waals surface area contributed by atoms with Crippen molar-refractivity contribution in [1.82, 2.24) is 14.7 Å². The van der Waals surface area contributed by atoms with Crippen molar-refractivity contribution >= 4 is 11.6 Å². The van der Waals surface area contributed by atoms with Gasteiger partial charge in [-0.1, -0.05) is 0 Å². The first-order chi connectivity index (χ1) is 16.1. The van der Waals surface area contributed by atoms with Crippen molar-refractivity contribution in [2.45, 2.75) is 13.5 Å². The van der Waals surface area contributed by atoms with Gasteiger partial charge >= 0.3 is 0 Å². The number of methoxy groups -OCH3 is 1. The van der Waals surface area contributed by atoms with Gasteiger partial charge in [0.05, 0.1) is 19.4 Å². The minimum absolute atomic E-state index is 0.0771. The highest BCUT2D eigenvalue weighted by atomic mass is 16.5. The van der Waals surface area contributed by atoms with Crippen molar-refractivity contribution in [3.63, 3.8) is 0 Å². The van der Waals surface area contributed by atoms with Crippen molar-refractivity contribution in [2.75, 3.05) is 44.8 Å². The number of hydrogen-bond acceptors (Lipinski definition) is 6. The van der Waals surface area contributed by atoms with E-state index in [0.29, 0.717) is 25.4 Å². The van der Waals surface area contributed by atoms with Crippen LogP contribution in [0.3, 0.4) is 0 Å². The van der Waals surface area contributed by atoms with E-state index in [1.807, 2.05) is 55.5 Å². The number of piperazine rings is 1. The number of carbonyl (C=O) groups is 1. The van der Waals surface area contributed by atoms with Crippen LogP contribution in [-0.2, 0) is 11.3 Å². The van der Waals surface area contributed by atoms with Crippen LogP contribution in [0.2, 0.25) is 0 Å². The van der Waals surface area contributed by atoms with Gasteiger partial charge in [-0.05, 0) is 61.5 Å². The van der Waals surface area contributed by atoms with Crippen LogP contribution in [0.5, 0.6) is 11.5 Å². The Morgan fingerprint density at radius 2 is 1.58 bits per heavy atom. The van der Waals surface area contributed by atoms with E-state index >= 15 is 0 Å². The summed E-state index contributed by atoms with van der Waals surface area (Å²) in [6.07, 6.45) is 0. The van der Waals surface area contributed by atoms with Gasteiger partial charge in [0.15, 0.2) is 0 Å². The third kappa shape index (κ3) is 5.34. The zero-order valence-corrected chi connectivity index (χ0v) is 18.9. The van der Waals surface area contributed by atoms with Crippen LogP contribution in [0.25, 0.3) is 11.3 Å². The molecule has 0 saturated carbocycles. The molecule has 2 heterocycles. The lowest BCUT2D eigenvalue weighted by Gasteiger charge is -2.36. The van der Waals surface area contributed by atoms with Gasteiger partial charge < -0.3 is 19.3 Å². The number of rotatable bonds is 7. The summed E-state index contributed by atoms with van der Waals surface area (Å²) < 4.78 is 11.9. The van der Waals surface area contributed by atoms with Crippen molar-refractivity contribution in [3.05, 3.63) is 71.0 Å². The fraction of sp³-hybridized carbons (Fsp3) is 0.320. The topological polar surface area (TPSA) is 76.9 Å². The molecule has 0 unspecified atom stereocenters. The molecule has 1 fully saturated rings. The zero-order valence-electron chi connectivity index (χ0n) is 18.9. The molecule has 2 aromatic carbocycles. The number of amides is 1. The second-order valence-electron chi connectivity index (χ2n) is 7.74. The summed E-state index contributed by atoms with van der Waals surface area (Å²) in [6, 6.07) is 18.5. The summed E-state index contributed by atoms with van der Waals surface area (Å²) in [6.45, 7) is 5.10. The Bertz CT molecular complexity index is 1130. The van der Waals surface area contributed by atoms with Crippen LogP contribution in [0.1, 0.15) is 6.92 Å². The molecular weight excluding hydrogens is 420 g/mol. The molecule has 0 atom stereocenters. The predicted molar refractivity (Wildman–Crippen MR) is 127 cm³/mol. The maximum atomic E-state index is 12.9. The molecule has 8 nitrogen and oxygen atoms in total. The number of anilines is 1. The first-order valence-corrected chi connectivity index (χ1v) is 11.1. The summed E-state index contributed by atoms with van der Waals surface area (Å²) in [4.78, 5) is 29.3. The lowest BCUT2D eigenvalue weighted by atomic mass is 10.1. The summed E-state index contributed by atoms with van der Waals surface area (Å²) >= 11 is 0. The number of carbonyl (C=O) groups excluding carboxylic acids is 1. The van der Waals surface area contributed by atoms with Gasteiger partial charge in [0, 0.05) is 43.5 Å². The molecule has 3 aromatic rings. The Labute approximate surface area is 193 Å². The van der Waals surface area contributed by atoms with Gasteiger partial charge in [-0.3, -0.25) is 9.59 Å². The first kappa shape index (κ1) is 22.4. The lowest BCUT2D eigenvalue weighted by Crippen LogP contribution is -2.50. The quantitative estimate of drug-likeness (QED) is 0.553. The molecule has 0 aliphatic carbocycles. The van der Waals surface area contributed by atoms with Gasteiger partial charge in [0.25, 0.3) is 5.56 Å². The highest BCUT2D eigenvalue weighted by molar-refractivity contribution is 5.76. The average Bonchev–Trinajstić information content (AvgIpc) is 2.86. The van der Waals surface area contributed by atoms with E-state index in [-0.39, 0.29) is 18.0 Å². The summed E-state index contributed by atoms with van der Waals surface area (Å²) in [5.41, 5.74) is 2.29. The molecule has 4 rings (SSSR count). The fourth-order valence-corrected chi connectivity index (χ4v) is 3.84. The Kier molecular flexibility index (Phi) is 6.92. The molecule has 0 bridgehead atoms. The molecular formula is C25H28N4O4. The minimum atomic E-state index is -0.296. The number of aromatic nitrogens is 2. The average molecular weight is 449 g/mol. The van der Waals surface area contributed by atoms with E-state index in [9.17, 15) is 9.59 Å². The Morgan fingerprint density at radius 3 is 2.21 bits per heavy atom. The monoisotopic (exact) mass is 448 g/mol. The molecule has 8 heteroatoms. The third-order valence-corrected chi connectivity index (χ3v) is 5.68. The fourth-order valence-electron chi connectivity index (χ4n) is 3.84. The Balaban J connectivity index is 1.39. The molecule has 1 aliphatic rings.